The summed E-state index contributed by atoms with van der Waals surface area (Å²) in [6, 6.07) is -1.01. The van der Waals surface area contributed by atoms with Gasteiger partial charge in [0.1, 0.15) is 6.04 Å². The first-order valence-corrected chi connectivity index (χ1v) is 7.49. The van der Waals surface area contributed by atoms with Crippen LogP contribution in [-0.4, -0.2) is 65.2 Å². The van der Waals surface area contributed by atoms with Crippen LogP contribution in [-0.2, 0) is 14.3 Å². The number of carboxylic acid groups (broad SMARTS) is 1. The third-order valence-corrected chi connectivity index (χ3v) is 4.10. The van der Waals surface area contributed by atoms with Gasteiger partial charge >= 0.3 is 18.0 Å². The molecule has 7 nitrogen and oxygen atoms in total. The van der Waals surface area contributed by atoms with Crippen molar-refractivity contribution in [1.82, 2.24) is 9.80 Å². The quantitative estimate of drug-likeness (QED) is 0.783. The van der Waals surface area contributed by atoms with E-state index in [0.29, 0.717) is 45.5 Å². The molecule has 2 heterocycles. The maximum absolute atomic E-state index is 12.5. The summed E-state index contributed by atoms with van der Waals surface area (Å²) >= 11 is 0. The van der Waals surface area contributed by atoms with Gasteiger partial charge in [-0.1, -0.05) is 0 Å². The standard InChI is InChI=1S/C14H22N2O5/c1-2-21-13(19)10-5-3-7-15(9-10)14(20)16-8-4-6-11(16)12(17)18/h10-11H,2-9H2,1H3,(H,17,18). The Morgan fingerprint density at radius 1 is 1.19 bits per heavy atom. The van der Waals surface area contributed by atoms with Crippen molar-refractivity contribution in [3.05, 3.63) is 0 Å². The highest BCUT2D eigenvalue weighted by atomic mass is 16.5. The molecular weight excluding hydrogens is 276 g/mol. The first-order chi connectivity index (χ1) is 10.0. The van der Waals surface area contributed by atoms with Crippen LogP contribution in [0, 0.1) is 5.92 Å². The Morgan fingerprint density at radius 3 is 2.57 bits per heavy atom. The highest BCUT2D eigenvalue weighted by Crippen LogP contribution is 2.23. The second-order valence-electron chi connectivity index (χ2n) is 5.51. The number of hydrogen-bond acceptors (Lipinski definition) is 4. The molecule has 0 radical (unpaired) electrons. The number of ether oxygens (including phenoxy) is 1. The van der Waals surface area contributed by atoms with Crippen LogP contribution >= 0.6 is 0 Å². The third-order valence-electron chi connectivity index (χ3n) is 4.10. The number of amides is 2. The molecule has 0 aliphatic carbocycles. The van der Waals surface area contributed by atoms with Crippen LogP contribution in [0.25, 0.3) is 0 Å². The van der Waals surface area contributed by atoms with E-state index in [4.69, 9.17) is 9.84 Å². The Balaban J connectivity index is 1.98. The highest BCUT2D eigenvalue weighted by Gasteiger charge is 2.38. The van der Waals surface area contributed by atoms with Gasteiger partial charge in [-0.3, -0.25) is 4.79 Å². The van der Waals surface area contributed by atoms with E-state index in [9.17, 15) is 14.4 Å². The molecule has 1 N–H and O–H groups in total. The van der Waals surface area contributed by atoms with Crippen molar-refractivity contribution >= 4 is 18.0 Å². The molecular formula is C14H22N2O5. The lowest BCUT2D eigenvalue weighted by Gasteiger charge is -2.35. The van der Waals surface area contributed by atoms with Crippen molar-refractivity contribution in [2.75, 3.05) is 26.2 Å². The zero-order valence-electron chi connectivity index (χ0n) is 12.3. The van der Waals surface area contributed by atoms with Gasteiger partial charge in [-0.15, -0.1) is 0 Å². The number of nitrogens with zero attached hydrogens (tertiary/aromatic N) is 2. The summed E-state index contributed by atoms with van der Waals surface area (Å²) in [6.07, 6.45) is 2.65. The lowest BCUT2D eigenvalue weighted by molar-refractivity contribution is -0.149. The highest BCUT2D eigenvalue weighted by molar-refractivity contribution is 5.84. The Bertz CT molecular complexity index is 426. The van der Waals surface area contributed by atoms with Gasteiger partial charge in [-0.05, 0) is 32.6 Å². The first kappa shape index (κ1) is 15.6. The number of urea groups is 1. The molecule has 118 valence electrons. The summed E-state index contributed by atoms with van der Waals surface area (Å²) in [6.45, 7) is 3.44. The average molecular weight is 298 g/mol. The fourth-order valence-corrected chi connectivity index (χ4v) is 3.04. The Kier molecular flexibility index (Phi) is 5.03. The second-order valence-corrected chi connectivity index (χ2v) is 5.51. The number of rotatable bonds is 3. The molecule has 2 saturated heterocycles. The van der Waals surface area contributed by atoms with E-state index >= 15 is 0 Å². The Morgan fingerprint density at radius 2 is 1.90 bits per heavy atom. The summed E-state index contributed by atoms with van der Waals surface area (Å²) in [5.74, 6) is -1.53. The smallest absolute Gasteiger partial charge is 0.326 e. The van der Waals surface area contributed by atoms with Crippen molar-refractivity contribution in [1.29, 1.82) is 0 Å². The van der Waals surface area contributed by atoms with Crippen LogP contribution in [0.4, 0.5) is 4.79 Å². The largest absolute Gasteiger partial charge is 0.480 e. The maximum atomic E-state index is 12.5. The van der Waals surface area contributed by atoms with Crippen LogP contribution in [0.1, 0.15) is 32.6 Å². The van der Waals surface area contributed by atoms with Crippen molar-refractivity contribution in [3.8, 4) is 0 Å². The van der Waals surface area contributed by atoms with E-state index in [1.165, 1.54) is 4.90 Å². The van der Waals surface area contributed by atoms with Gasteiger partial charge in [0, 0.05) is 19.6 Å². The van der Waals surface area contributed by atoms with Crippen LogP contribution in [0.3, 0.4) is 0 Å². The summed E-state index contributed by atoms with van der Waals surface area (Å²) in [5.41, 5.74) is 0. The second kappa shape index (κ2) is 6.78. The number of piperidine rings is 1. The fourth-order valence-electron chi connectivity index (χ4n) is 3.04. The van der Waals surface area contributed by atoms with Crippen molar-refractivity contribution in [3.63, 3.8) is 0 Å². The number of aliphatic carboxylic acids is 1. The number of carbonyl (C=O) groups excluding carboxylic acids is 2. The fraction of sp³-hybridized carbons (Fsp3) is 0.786. The van der Waals surface area contributed by atoms with Gasteiger partial charge in [-0.2, -0.15) is 0 Å². The monoisotopic (exact) mass is 298 g/mol. The number of likely N-dealkylation sites (tertiary alicyclic amines) is 2. The van der Waals surface area contributed by atoms with E-state index in [2.05, 4.69) is 0 Å². The average Bonchev–Trinajstić information content (AvgIpc) is 2.96. The van der Waals surface area contributed by atoms with E-state index in [-0.39, 0.29) is 17.9 Å². The zero-order valence-corrected chi connectivity index (χ0v) is 12.3. The van der Waals surface area contributed by atoms with Crippen LogP contribution in [0.2, 0.25) is 0 Å². The lowest BCUT2D eigenvalue weighted by Crippen LogP contribution is -2.51. The number of carboxylic acids is 1. The maximum Gasteiger partial charge on any atom is 0.326 e. The molecule has 0 aromatic rings. The van der Waals surface area contributed by atoms with Gasteiger partial charge in [0.2, 0.25) is 0 Å². The van der Waals surface area contributed by atoms with E-state index in [1.807, 2.05) is 0 Å². The molecule has 0 spiro atoms. The minimum absolute atomic E-state index is 0.270. The van der Waals surface area contributed by atoms with Crippen molar-refractivity contribution in [2.24, 2.45) is 5.92 Å². The molecule has 0 bridgehead atoms. The molecule has 0 aromatic heterocycles. The first-order valence-electron chi connectivity index (χ1n) is 7.49. The molecule has 2 unspecified atom stereocenters. The van der Waals surface area contributed by atoms with Crippen LogP contribution in [0.5, 0.6) is 0 Å². The van der Waals surface area contributed by atoms with Gasteiger partial charge in [0.25, 0.3) is 0 Å². The predicted molar refractivity (Wildman–Crippen MR) is 73.7 cm³/mol. The molecule has 21 heavy (non-hydrogen) atoms. The molecule has 2 aliphatic rings. The zero-order chi connectivity index (χ0) is 15.4. The Labute approximate surface area is 123 Å². The topological polar surface area (TPSA) is 87.2 Å². The molecule has 2 atom stereocenters. The molecule has 2 amide bonds. The van der Waals surface area contributed by atoms with E-state index in [1.54, 1.807) is 11.8 Å². The third kappa shape index (κ3) is 3.46. The minimum Gasteiger partial charge on any atom is -0.480 e. The molecule has 0 saturated carbocycles. The van der Waals surface area contributed by atoms with Gasteiger partial charge in [0.05, 0.1) is 12.5 Å². The summed E-state index contributed by atoms with van der Waals surface area (Å²) < 4.78 is 5.01. The van der Waals surface area contributed by atoms with E-state index < -0.39 is 12.0 Å². The SMILES string of the molecule is CCOC(=O)C1CCCN(C(=O)N2CCCC2C(=O)O)C1. The number of carbonyl (C=O) groups is 3. The summed E-state index contributed by atoms with van der Waals surface area (Å²) in [4.78, 5) is 38.4. The molecule has 7 heteroatoms. The van der Waals surface area contributed by atoms with Gasteiger partial charge < -0.3 is 19.6 Å². The van der Waals surface area contributed by atoms with E-state index in [0.717, 1.165) is 6.42 Å². The number of hydrogen-bond donors (Lipinski definition) is 1. The predicted octanol–water partition coefficient (Wildman–Crippen LogP) is 0.931. The van der Waals surface area contributed by atoms with Gasteiger partial charge in [-0.25, -0.2) is 9.59 Å². The minimum atomic E-state index is -0.959. The molecule has 2 rings (SSSR count). The molecule has 2 fully saturated rings. The molecule has 2 aliphatic heterocycles. The molecule has 0 aromatic carbocycles. The normalized spacial score (nSPS) is 25.8. The van der Waals surface area contributed by atoms with Crippen LogP contribution in [0.15, 0.2) is 0 Å². The van der Waals surface area contributed by atoms with Crippen LogP contribution < -0.4 is 0 Å². The Hall–Kier alpha value is -1.79. The summed E-state index contributed by atoms with van der Waals surface area (Å²) in [7, 11) is 0. The summed E-state index contributed by atoms with van der Waals surface area (Å²) in [5, 5.41) is 9.15. The number of esters is 1. The lowest BCUT2D eigenvalue weighted by atomic mass is 9.98. The van der Waals surface area contributed by atoms with Crippen molar-refractivity contribution < 1.29 is 24.2 Å². The van der Waals surface area contributed by atoms with Crippen molar-refractivity contribution in [2.45, 2.75) is 38.6 Å². The van der Waals surface area contributed by atoms with Gasteiger partial charge in [0.15, 0.2) is 0 Å².